The standard InChI is InChI=1S/C22H20F2N4O3/c1-3-14-10-15(31-27-14)11-25-22(29)20-13(2)26-21-19(8-5-9-28(20)21)30-12-16-17(23)6-4-7-18(16)24/h4-10H,3,11-12H2,1-2H3,(H,25,29). The van der Waals surface area contributed by atoms with Crippen LogP contribution in [0.2, 0.25) is 0 Å². The van der Waals surface area contributed by atoms with E-state index in [2.05, 4.69) is 15.5 Å². The zero-order chi connectivity index (χ0) is 22.0. The molecular formula is C22H20F2N4O3. The Morgan fingerprint density at radius 1 is 1.23 bits per heavy atom. The van der Waals surface area contributed by atoms with Gasteiger partial charge in [0.1, 0.15) is 23.9 Å². The fourth-order valence-electron chi connectivity index (χ4n) is 3.22. The first-order valence-corrected chi connectivity index (χ1v) is 9.74. The van der Waals surface area contributed by atoms with E-state index in [1.54, 1.807) is 35.7 Å². The first-order chi connectivity index (χ1) is 15.0. The number of benzene rings is 1. The van der Waals surface area contributed by atoms with Crippen LogP contribution in [-0.2, 0) is 19.6 Å². The minimum absolute atomic E-state index is 0.177. The highest BCUT2D eigenvalue weighted by molar-refractivity contribution is 5.94. The van der Waals surface area contributed by atoms with Crippen molar-refractivity contribution in [3.8, 4) is 5.75 Å². The molecule has 3 heterocycles. The summed E-state index contributed by atoms with van der Waals surface area (Å²) in [7, 11) is 0. The molecule has 4 aromatic rings. The molecule has 0 aliphatic heterocycles. The van der Waals surface area contributed by atoms with Gasteiger partial charge < -0.3 is 14.6 Å². The maximum atomic E-state index is 13.9. The fourth-order valence-corrected chi connectivity index (χ4v) is 3.22. The SMILES string of the molecule is CCc1cc(CNC(=O)c2c(C)nc3c(OCc4c(F)cccc4F)cccn23)on1. The van der Waals surface area contributed by atoms with Gasteiger partial charge in [-0.15, -0.1) is 0 Å². The van der Waals surface area contributed by atoms with Crippen molar-refractivity contribution >= 4 is 11.6 Å². The number of carbonyl (C=O) groups excluding carboxylic acids is 1. The van der Waals surface area contributed by atoms with Gasteiger partial charge in [0.2, 0.25) is 0 Å². The minimum atomic E-state index is -0.690. The smallest absolute Gasteiger partial charge is 0.270 e. The topological polar surface area (TPSA) is 81.7 Å². The molecule has 0 spiro atoms. The number of carbonyl (C=O) groups is 1. The summed E-state index contributed by atoms with van der Waals surface area (Å²) in [5.41, 5.74) is 1.81. The molecule has 0 fully saturated rings. The Kier molecular flexibility index (Phi) is 5.66. The van der Waals surface area contributed by atoms with Gasteiger partial charge in [-0.1, -0.05) is 18.1 Å². The van der Waals surface area contributed by atoms with E-state index >= 15 is 0 Å². The van der Waals surface area contributed by atoms with Gasteiger partial charge in [0.25, 0.3) is 5.91 Å². The van der Waals surface area contributed by atoms with Crippen LogP contribution in [0.4, 0.5) is 8.78 Å². The number of nitrogens with zero attached hydrogens (tertiary/aromatic N) is 3. The molecule has 0 aliphatic carbocycles. The molecule has 1 aromatic carbocycles. The monoisotopic (exact) mass is 426 g/mol. The summed E-state index contributed by atoms with van der Waals surface area (Å²) in [5, 5.41) is 6.69. The third kappa shape index (κ3) is 4.11. The van der Waals surface area contributed by atoms with Gasteiger partial charge in [0.15, 0.2) is 17.2 Å². The maximum Gasteiger partial charge on any atom is 0.270 e. The molecule has 1 amide bonds. The third-order valence-corrected chi connectivity index (χ3v) is 4.83. The number of halogens is 2. The Hall–Kier alpha value is -3.75. The summed E-state index contributed by atoms with van der Waals surface area (Å²) in [6, 6.07) is 8.71. The second-order valence-electron chi connectivity index (χ2n) is 6.92. The average Bonchev–Trinajstić information content (AvgIpc) is 3.35. The lowest BCUT2D eigenvalue weighted by atomic mass is 10.2. The molecule has 0 saturated carbocycles. The van der Waals surface area contributed by atoms with Crippen LogP contribution >= 0.6 is 0 Å². The summed E-state index contributed by atoms with van der Waals surface area (Å²) in [6.45, 7) is 3.53. The van der Waals surface area contributed by atoms with E-state index in [-0.39, 0.29) is 24.6 Å². The molecule has 7 nitrogen and oxygen atoms in total. The Balaban J connectivity index is 1.55. The van der Waals surface area contributed by atoms with Crippen LogP contribution < -0.4 is 10.1 Å². The van der Waals surface area contributed by atoms with Crippen molar-refractivity contribution < 1.29 is 22.8 Å². The van der Waals surface area contributed by atoms with Gasteiger partial charge in [0, 0.05) is 12.3 Å². The lowest BCUT2D eigenvalue weighted by molar-refractivity contribution is 0.0940. The van der Waals surface area contributed by atoms with Crippen molar-refractivity contribution in [2.24, 2.45) is 0 Å². The lowest BCUT2D eigenvalue weighted by Crippen LogP contribution is -2.24. The summed E-state index contributed by atoms with van der Waals surface area (Å²) < 4.78 is 40.2. The highest BCUT2D eigenvalue weighted by Crippen LogP contribution is 2.24. The first-order valence-electron chi connectivity index (χ1n) is 9.74. The van der Waals surface area contributed by atoms with E-state index in [1.165, 1.54) is 18.2 Å². The fraction of sp³-hybridized carbons (Fsp3) is 0.227. The van der Waals surface area contributed by atoms with Gasteiger partial charge >= 0.3 is 0 Å². The number of amides is 1. The Bertz CT molecular complexity index is 1230. The number of hydrogen-bond acceptors (Lipinski definition) is 5. The van der Waals surface area contributed by atoms with Crippen molar-refractivity contribution in [2.75, 3.05) is 0 Å². The van der Waals surface area contributed by atoms with E-state index in [9.17, 15) is 13.6 Å². The molecule has 0 radical (unpaired) electrons. The highest BCUT2D eigenvalue weighted by atomic mass is 19.1. The van der Waals surface area contributed by atoms with Crippen molar-refractivity contribution in [2.45, 2.75) is 33.4 Å². The second kappa shape index (κ2) is 8.55. The molecule has 3 aromatic heterocycles. The number of ether oxygens (including phenoxy) is 1. The van der Waals surface area contributed by atoms with E-state index in [0.717, 1.165) is 12.1 Å². The normalized spacial score (nSPS) is 11.1. The van der Waals surface area contributed by atoms with E-state index < -0.39 is 11.6 Å². The number of aromatic nitrogens is 3. The highest BCUT2D eigenvalue weighted by Gasteiger charge is 2.20. The van der Waals surface area contributed by atoms with Crippen LogP contribution in [0.15, 0.2) is 47.1 Å². The molecule has 9 heteroatoms. The molecule has 4 rings (SSSR count). The minimum Gasteiger partial charge on any atom is -0.485 e. The molecule has 0 unspecified atom stereocenters. The third-order valence-electron chi connectivity index (χ3n) is 4.83. The predicted molar refractivity (Wildman–Crippen MR) is 108 cm³/mol. The molecule has 160 valence electrons. The summed E-state index contributed by atoms with van der Waals surface area (Å²) in [5.74, 6) is -0.880. The largest absolute Gasteiger partial charge is 0.485 e. The van der Waals surface area contributed by atoms with Crippen molar-refractivity contribution in [3.05, 3.63) is 82.6 Å². The number of hydrogen-bond donors (Lipinski definition) is 1. The summed E-state index contributed by atoms with van der Waals surface area (Å²) in [6.07, 6.45) is 2.41. The van der Waals surface area contributed by atoms with Crippen LogP contribution in [0.25, 0.3) is 5.65 Å². The van der Waals surface area contributed by atoms with Crippen molar-refractivity contribution in [1.82, 2.24) is 19.9 Å². The van der Waals surface area contributed by atoms with Crippen LogP contribution in [0.3, 0.4) is 0 Å². The van der Waals surface area contributed by atoms with Crippen molar-refractivity contribution in [1.29, 1.82) is 0 Å². The average molecular weight is 426 g/mol. The van der Waals surface area contributed by atoms with Gasteiger partial charge in [0.05, 0.1) is 23.5 Å². The van der Waals surface area contributed by atoms with E-state index in [1.807, 2.05) is 6.92 Å². The number of nitrogens with one attached hydrogen (secondary N) is 1. The molecule has 0 bridgehead atoms. The van der Waals surface area contributed by atoms with Crippen LogP contribution in [0.5, 0.6) is 5.75 Å². The van der Waals surface area contributed by atoms with Gasteiger partial charge in [-0.05, 0) is 37.6 Å². The second-order valence-corrected chi connectivity index (χ2v) is 6.92. The molecule has 31 heavy (non-hydrogen) atoms. The van der Waals surface area contributed by atoms with Gasteiger partial charge in [-0.2, -0.15) is 0 Å². The Morgan fingerprint density at radius 3 is 2.71 bits per heavy atom. The number of aryl methyl sites for hydroxylation is 2. The molecule has 1 N–H and O–H groups in total. The Morgan fingerprint density at radius 2 is 2.00 bits per heavy atom. The molecular weight excluding hydrogens is 406 g/mol. The lowest BCUT2D eigenvalue weighted by Gasteiger charge is -2.09. The quantitative estimate of drug-likeness (QED) is 0.483. The molecule has 0 saturated heterocycles. The number of pyridine rings is 1. The predicted octanol–water partition coefficient (Wildman–Crippen LogP) is 3.98. The van der Waals surface area contributed by atoms with E-state index in [0.29, 0.717) is 28.5 Å². The van der Waals surface area contributed by atoms with Crippen LogP contribution in [-0.4, -0.2) is 20.4 Å². The zero-order valence-electron chi connectivity index (χ0n) is 17.0. The van der Waals surface area contributed by atoms with Gasteiger partial charge in [-0.3, -0.25) is 9.20 Å². The Labute approximate surface area is 176 Å². The van der Waals surface area contributed by atoms with E-state index in [4.69, 9.17) is 9.26 Å². The van der Waals surface area contributed by atoms with Gasteiger partial charge in [-0.25, -0.2) is 13.8 Å². The van der Waals surface area contributed by atoms with Crippen LogP contribution in [0, 0.1) is 18.6 Å². The zero-order valence-corrected chi connectivity index (χ0v) is 17.0. The van der Waals surface area contributed by atoms with Crippen molar-refractivity contribution in [3.63, 3.8) is 0 Å². The summed E-state index contributed by atoms with van der Waals surface area (Å²) >= 11 is 0. The number of rotatable bonds is 7. The molecule has 0 atom stereocenters. The maximum absolute atomic E-state index is 13.9. The number of fused-ring (bicyclic) bond motifs is 1. The summed E-state index contributed by atoms with van der Waals surface area (Å²) in [4.78, 5) is 17.2. The first kappa shape index (κ1) is 20.5. The van der Waals surface area contributed by atoms with Crippen LogP contribution in [0.1, 0.15) is 40.1 Å². The number of imidazole rings is 1. The molecule has 0 aliphatic rings.